The van der Waals surface area contributed by atoms with Gasteiger partial charge < -0.3 is 19.9 Å². The third-order valence-electron chi connectivity index (χ3n) is 2.30. The van der Waals surface area contributed by atoms with Crippen LogP contribution < -0.4 is 14.8 Å². The van der Waals surface area contributed by atoms with Gasteiger partial charge in [-0.1, -0.05) is 6.07 Å². The number of benzene rings is 1. The topological polar surface area (TPSA) is 67.8 Å². The number of hydrogen-bond acceptors (Lipinski definition) is 4. The zero-order chi connectivity index (χ0) is 12.8. The van der Waals surface area contributed by atoms with Gasteiger partial charge in [0.15, 0.2) is 11.5 Å². The fourth-order valence-electron chi connectivity index (χ4n) is 1.41. The highest BCUT2D eigenvalue weighted by Crippen LogP contribution is 2.30. The molecular formula is C12H17NO4. The number of nitrogens with one attached hydrogen (secondary N) is 1. The molecule has 1 atom stereocenters. The van der Waals surface area contributed by atoms with E-state index in [1.165, 1.54) is 14.2 Å². The fourth-order valence-corrected chi connectivity index (χ4v) is 1.41. The van der Waals surface area contributed by atoms with E-state index in [9.17, 15) is 4.79 Å². The number of amides is 1. The van der Waals surface area contributed by atoms with Crippen LogP contribution in [-0.2, 0) is 0 Å². The summed E-state index contributed by atoms with van der Waals surface area (Å²) >= 11 is 0. The Morgan fingerprint density at radius 2 is 2.12 bits per heavy atom. The number of para-hydroxylation sites is 1. The highest BCUT2D eigenvalue weighted by molar-refractivity contribution is 5.98. The summed E-state index contributed by atoms with van der Waals surface area (Å²) in [5, 5.41) is 11.5. The lowest BCUT2D eigenvalue weighted by Gasteiger charge is -2.14. The van der Waals surface area contributed by atoms with Crippen molar-refractivity contribution in [1.29, 1.82) is 0 Å². The van der Waals surface area contributed by atoms with Crippen molar-refractivity contribution in [3.63, 3.8) is 0 Å². The van der Waals surface area contributed by atoms with Gasteiger partial charge in [-0.2, -0.15) is 0 Å². The van der Waals surface area contributed by atoms with Crippen molar-refractivity contribution in [2.45, 2.75) is 13.0 Å². The third kappa shape index (κ3) is 3.10. The molecule has 0 unspecified atom stereocenters. The van der Waals surface area contributed by atoms with Crippen LogP contribution in [0.1, 0.15) is 17.3 Å². The zero-order valence-corrected chi connectivity index (χ0v) is 10.2. The van der Waals surface area contributed by atoms with Gasteiger partial charge in [0.05, 0.1) is 26.4 Å². The predicted molar refractivity (Wildman–Crippen MR) is 63.6 cm³/mol. The highest BCUT2D eigenvalue weighted by atomic mass is 16.5. The Morgan fingerprint density at radius 3 is 2.65 bits per heavy atom. The van der Waals surface area contributed by atoms with E-state index in [0.29, 0.717) is 17.1 Å². The monoisotopic (exact) mass is 239 g/mol. The normalized spacial score (nSPS) is 11.8. The van der Waals surface area contributed by atoms with E-state index < -0.39 is 0 Å². The second kappa shape index (κ2) is 6.10. The van der Waals surface area contributed by atoms with Gasteiger partial charge in [0.2, 0.25) is 0 Å². The highest BCUT2D eigenvalue weighted by Gasteiger charge is 2.17. The van der Waals surface area contributed by atoms with Gasteiger partial charge in [0.1, 0.15) is 0 Å². The van der Waals surface area contributed by atoms with Crippen LogP contribution in [0.2, 0.25) is 0 Å². The van der Waals surface area contributed by atoms with Crippen LogP contribution in [0.5, 0.6) is 11.5 Å². The van der Waals surface area contributed by atoms with Crippen LogP contribution in [0.25, 0.3) is 0 Å². The van der Waals surface area contributed by atoms with Crippen LogP contribution in [0.3, 0.4) is 0 Å². The van der Waals surface area contributed by atoms with E-state index in [1.807, 2.05) is 0 Å². The molecular weight excluding hydrogens is 222 g/mol. The van der Waals surface area contributed by atoms with Crippen molar-refractivity contribution in [1.82, 2.24) is 5.32 Å². The average Bonchev–Trinajstić information content (AvgIpc) is 2.37. The van der Waals surface area contributed by atoms with E-state index >= 15 is 0 Å². The molecule has 1 aromatic carbocycles. The summed E-state index contributed by atoms with van der Waals surface area (Å²) in [6.07, 6.45) is 0. The predicted octanol–water partition coefficient (Wildman–Crippen LogP) is 0.814. The second-order valence-electron chi connectivity index (χ2n) is 3.60. The molecule has 0 saturated carbocycles. The van der Waals surface area contributed by atoms with Gasteiger partial charge in [-0.15, -0.1) is 0 Å². The van der Waals surface area contributed by atoms with Crippen molar-refractivity contribution >= 4 is 5.91 Å². The molecule has 5 nitrogen and oxygen atoms in total. The first kappa shape index (κ1) is 13.3. The molecule has 1 aromatic rings. The van der Waals surface area contributed by atoms with Crippen molar-refractivity contribution in [3.05, 3.63) is 23.8 Å². The molecule has 0 aliphatic heterocycles. The van der Waals surface area contributed by atoms with Gasteiger partial charge in [0, 0.05) is 6.04 Å². The number of methoxy groups -OCH3 is 2. The Labute approximate surface area is 100 Å². The lowest BCUT2D eigenvalue weighted by molar-refractivity contribution is 0.0918. The summed E-state index contributed by atoms with van der Waals surface area (Å²) in [5.74, 6) is 0.580. The van der Waals surface area contributed by atoms with E-state index in [0.717, 1.165) is 0 Å². The van der Waals surface area contributed by atoms with E-state index in [-0.39, 0.29) is 18.6 Å². The standard InChI is InChI=1S/C12H17NO4/c1-8(7-14)13-12(15)9-5-4-6-10(16-2)11(9)17-3/h4-6,8,14H,7H2,1-3H3,(H,13,15)/t8-/m0/s1. The van der Waals surface area contributed by atoms with Crippen LogP contribution in [-0.4, -0.2) is 37.9 Å². The molecule has 0 aliphatic rings. The van der Waals surface area contributed by atoms with Gasteiger partial charge in [-0.25, -0.2) is 0 Å². The molecule has 0 aromatic heterocycles. The number of carbonyl (C=O) groups is 1. The van der Waals surface area contributed by atoms with Gasteiger partial charge in [-0.3, -0.25) is 4.79 Å². The van der Waals surface area contributed by atoms with Crippen molar-refractivity contribution in [2.75, 3.05) is 20.8 Å². The quantitative estimate of drug-likeness (QED) is 0.798. The number of rotatable bonds is 5. The maximum Gasteiger partial charge on any atom is 0.255 e. The Hall–Kier alpha value is -1.75. The van der Waals surface area contributed by atoms with E-state index in [4.69, 9.17) is 14.6 Å². The lowest BCUT2D eigenvalue weighted by atomic mass is 10.1. The first-order chi connectivity index (χ1) is 8.13. The molecule has 94 valence electrons. The third-order valence-corrected chi connectivity index (χ3v) is 2.30. The summed E-state index contributed by atoms with van der Waals surface area (Å²) in [5.41, 5.74) is 0.382. The zero-order valence-electron chi connectivity index (χ0n) is 10.2. The fraction of sp³-hybridized carbons (Fsp3) is 0.417. The first-order valence-electron chi connectivity index (χ1n) is 5.26. The summed E-state index contributed by atoms with van der Waals surface area (Å²) in [6.45, 7) is 1.60. The molecule has 0 aliphatic carbocycles. The molecule has 1 amide bonds. The molecule has 17 heavy (non-hydrogen) atoms. The van der Waals surface area contributed by atoms with Gasteiger partial charge in [0.25, 0.3) is 5.91 Å². The maximum atomic E-state index is 11.9. The van der Waals surface area contributed by atoms with Crippen molar-refractivity contribution < 1.29 is 19.4 Å². The second-order valence-corrected chi connectivity index (χ2v) is 3.60. The Bertz CT molecular complexity index is 392. The van der Waals surface area contributed by atoms with Crippen molar-refractivity contribution in [3.8, 4) is 11.5 Å². The van der Waals surface area contributed by atoms with E-state index in [2.05, 4.69) is 5.32 Å². The average molecular weight is 239 g/mol. The summed E-state index contributed by atoms with van der Waals surface area (Å²) in [7, 11) is 2.99. The summed E-state index contributed by atoms with van der Waals surface area (Å²) < 4.78 is 10.3. The molecule has 5 heteroatoms. The van der Waals surface area contributed by atoms with Crippen LogP contribution in [0.4, 0.5) is 0 Å². The molecule has 0 heterocycles. The molecule has 0 saturated heterocycles. The first-order valence-corrected chi connectivity index (χ1v) is 5.26. The number of hydrogen-bond donors (Lipinski definition) is 2. The number of aliphatic hydroxyl groups excluding tert-OH is 1. The number of ether oxygens (including phenoxy) is 2. The molecule has 2 N–H and O–H groups in total. The Kier molecular flexibility index (Phi) is 4.78. The summed E-state index contributed by atoms with van der Waals surface area (Å²) in [4.78, 5) is 11.9. The minimum absolute atomic E-state index is 0.113. The van der Waals surface area contributed by atoms with Crippen LogP contribution >= 0.6 is 0 Å². The largest absolute Gasteiger partial charge is 0.493 e. The number of carbonyl (C=O) groups excluding carboxylic acids is 1. The minimum Gasteiger partial charge on any atom is -0.493 e. The van der Waals surface area contributed by atoms with Crippen LogP contribution in [0, 0.1) is 0 Å². The SMILES string of the molecule is COc1cccc(C(=O)N[C@@H](C)CO)c1OC. The number of aliphatic hydroxyl groups is 1. The molecule has 0 radical (unpaired) electrons. The summed E-state index contributed by atoms with van der Waals surface area (Å²) in [6, 6.07) is 4.75. The van der Waals surface area contributed by atoms with Crippen molar-refractivity contribution in [2.24, 2.45) is 0 Å². The van der Waals surface area contributed by atoms with Gasteiger partial charge in [-0.05, 0) is 19.1 Å². The van der Waals surface area contributed by atoms with Crippen LogP contribution in [0.15, 0.2) is 18.2 Å². The lowest BCUT2D eigenvalue weighted by Crippen LogP contribution is -2.35. The Morgan fingerprint density at radius 1 is 1.41 bits per heavy atom. The Balaban J connectivity index is 3.00. The molecule has 0 fully saturated rings. The smallest absolute Gasteiger partial charge is 0.255 e. The minimum atomic E-state index is -0.307. The van der Waals surface area contributed by atoms with E-state index in [1.54, 1.807) is 25.1 Å². The molecule has 0 bridgehead atoms. The molecule has 0 spiro atoms. The maximum absolute atomic E-state index is 11.9. The molecule has 1 rings (SSSR count). The van der Waals surface area contributed by atoms with Gasteiger partial charge >= 0.3 is 0 Å².